The molecule has 1 N–H and O–H groups in total. The highest BCUT2D eigenvalue weighted by atomic mass is 16.2. The fourth-order valence-electron chi connectivity index (χ4n) is 4.28. The molecule has 3 heterocycles. The summed E-state index contributed by atoms with van der Waals surface area (Å²) in [7, 11) is 1.89. The van der Waals surface area contributed by atoms with Gasteiger partial charge in [0.15, 0.2) is 0 Å². The Morgan fingerprint density at radius 3 is 2.60 bits per heavy atom. The van der Waals surface area contributed by atoms with E-state index in [4.69, 9.17) is 0 Å². The number of carbonyl (C=O) groups excluding carboxylic acids is 1. The van der Waals surface area contributed by atoms with Crippen molar-refractivity contribution in [1.82, 2.24) is 19.9 Å². The van der Waals surface area contributed by atoms with E-state index < -0.39 is 0 Å². The molecule has 3 aromatic heterocycles. The molecule has 1 aliphatic rings. The lowest BCUT2D eigenvalue weighted by Gasteiger charge is -2.24. The van der Waals surface area contributed by atoms with Crippen LogP contribution in [0.25, 0.3) is 33.5 Å². The predicted molar refractivity (Wildman–Crippen MR) is 119 cm³/mol. The van der Waals surface area contributed by atoms with Crippen LogP contribution >= 0.6 is 0 Å². The first-order valence-electron chi connectivity index (χ1n) is 10.5. The van der Waals surface area contributed by atoms with Crippen LogP contribution in [0.4, 0.5) is 0 Å². The van der Waals surface area contributed by atoms with E-state index >= 15 is 0 Å². The minimum absolute atomic E-state index is 0.00852. The van der Waals surface area contributed by atoms with Gasteiger partial charge in [-0.2, -0.15) is 0 Å². The van der Waals surface area contributed by atoms with Crippen molar-refractivity contribution in [2.24, 2.45) is 0 Å². The topological polar surface area (TPSA) is 61.9 Å². The van der Waals surface area contributed by atoms with Crippen molar-refractivity contribution in [3.05, 3.63) is 72.6 Å². The lowest BCUT2D eigenvalue weighted by molar-refractivity contribution is 0.0729. The summed E-state index contributed by atoms with van der Waals surface area (Å²) in [6.45, 7) is 0. The Bertz CT molecular complexity index is 1190. The zero-order chi connectivity index (χ0) is 20.5. The molecule has 1 amide bonds. The Labute approximate surface area is 175 Å². The molecule has 0 bridgehead atoms. The Balaban J connectivity index is 1.45. The molecule has 0 saturated heterocycles. The lowest BCUT2D eigenvalue weighted by Crippen LogP contribution is -2.35. The second kappa shape index (κ2) is 7.75. The molecule has 150 valence electrons. The molecule has 0 spiro atoms. The molecule has 1 saturated carbocycles. The number of hydrogen-bond acceptors (Lipinski definition) is 3. The van der Waals surface area contributed by atoms with E-state index in [0.717, 1.165) is 46.4 Å². The third-order valence-electron chi connectivity index (χ3n) is 6.01. The van der Waals surface area contributed by atoms with Crippen molar-refractivity contribution < 1.29 is 4.79 Å². The first kappa shape index (κ1) is 18.6. The van der Waals surface area contributed by atoms with Crippen LogP contribution in [0, 0.1) is 0 Å². The number of pyridine rings is 2. The van der Waals surface area contributed by atoms with E-state index in [0.29, 0.717) is 11.7 Å². The maximum absolute atomic E-state index is 12.9. The summed E-state index contributed by atoms with van der Waals surface area (Å²) >= 11 is 0. The van der Waals surface area contributed by atoms with Crippen molar-refractivity contribution >= 4 is 16.9 Å². The molecule has 0 radical (unpaired) electrons. The van der Waals surface area contributed by atoms with Gasteiger partial charge in [0, 0.05) is 35.9 Å². The summed E-state index contributed by atoms with van der Waals surface area (Å²) in [5.74, 6) is -0.00852. The normalized spacial score (nSPS) is 14.3. The van der Waals surface area contributed by atoms with E-state index in [2.05, 4.69) is 39.2 Å². The molecule has 0 atom stereocenters. The maximum Gasteiger partial charge on any atom is 0.272 e. The summed E-state index contributed by atoms with van der Waals surface area (Å²) in [6.07, 6.45) is 6.37. The van der Waals surface area contributed by atoms with Crippen LogP contribution < -0.4 is 0 Å². The number of carbonyl (C=O) groups is 1. The number of aromatic amines is 1. The van der Waals surface area contributed by atoms with Crippen LogP contribution in [0.2, 0.25) is 0 Å². The molecule has 30 heavy (non-hydrogen) atoms. The van der Waals surface area contributed by atoms with Gasteiger partial charge >= 0.3 is 0 Å². The van der Waals surface area contributed by atoms with E-state index in [1.807, 2.05) is 48.5 Å². The molecule has 5 rings (SSSR count). The number of nitrogens with zero attached hydrogens (tertiary/aromatic N) is 3. The van der Waals surface area contributed by atoms with Gasteiger partial charge in [-0.3, -0.25) is 4.79 Å². The zero-order valence-electron chi connectivity index (χ0n) is 17.0. The Morgan fingerprint density at radius 1 is 1.00 bits per heavy atom. The summed E-state index contributed by atoms with van der Waals surface area (Å²) in [4.78, 5) is 27.4. The summed E-state index contributed by atoms with van der Waals surface area (Å²) in [5.41, 5.74) is 5.15. The van der Waals surface area contributed by atoms with E-state index in [-0.39, 0.29) is 5.91 Å². The lowest BCUT2D eigenvalue weighted by atomic mass is 10.1. The Morgan fingerprint density at radius 2 is 1.80 bits per heavy atom. The van der Waals surface area contributed by atoms with Crippen molar-refractivity contribution in [3.63, 3.8) is 0 Å². The number of hydrogen-bond donors (Lipinski definition) is 1. The van der Waals surface area contributed by atoms with Crippen molar-refractivity contribution in [2.45, 2.75) is 31.7 Å². The molecular weight excluding hydrogens is 372 g/mol. The molecule has 0 unspecified atom stereocenters. The zero-order valence-corrected chi connectivity index (χ0v) is 17.0. The number of amides is 1. The second-order valence-electron chi connectivity index (χ2n) is 7.97. The molecule has 1 aromatic carbocycles. The number of fused-ring (bicyclic) bond motifs is 1. The quantitative estimate of drug-likeness (QED) is 0.509. The molecule has 1 aliphatic carbocycles. The minimum atomic E-state index is -0.00852. The highest BCUT2D eigenvalue weighted by molar-refractivity contribution is 5.93. The van der Waals surface area contributed by atoms with Crippen LogP contribution in [-0.4, -0.2) is 38.8 Å². The van der Waals surface area contributed by atoms with Gasteiger partial charge in [0.2, 0.25) is 0 Å². The molecule has 5 heteroatoms. The van der Waals surface area contributed by atoms with Gasteiger partial charge < -0.3 is 9.88 Å². The predicted octanol–water partition coefficient (Wildman–Crippen LogP) is 5.31. The average molecular weight is 396 g/mol. The van der Waals surface area contributed by atoms with Crippen LogP contribution in [0.15, 0.2) is 66.9 Å². The van der Waals surface area contributed by atoms with Gasteiger partial charge in [0.1, 0.15) is 11.3 Å². The molecule has 5 nitrogen and oxygen atoms in total. The summed E-state index contributed by atoms with van der Waals surface area (Å²) in [6, 6.07) is 20.3. The van der Waals surface area contributed by atoms with Crippen LogP contribution in [-0.2, 0) is 0 Å². The van der Waals surface area contributed by atoms with Gasteiger partial charge in [0.05, 0.1) is 5.69 Å². The monoisotopic (exact) mass is 396 g/mol. The maximum atomic E-state index is 12.9. The highest BCUT2D eigenvalue weighted by Crippen LogP contribution is 2.27. The van der Waals surface area contributed by atoms with E-state index in [1.165, 1.54) is 12.8 Å². The smallest absolute Gasteiger partial charge is 0.272 e. The summed E-state index contributed by atoms with van der Waals surface area (Å²) in [5, 5.41) is 1.02. The fourth-order valence-corrected chi connectivity index (χ4v) is 4.28. The van der Waals surface area contributed by atoms with Crippen LogP contribution in [0.1, 0.15) is 36.2 Å². The van der Waals surface area contributed by atoms with E-state index in [1.54, 1.807) is 6.07 Å². The third kappa shape index (κ3) is 3.47. The minimum Gasteiger partial charge on any atom is -0.339 e. The van der Waals surface area contributed by atoms with Gasteiger partial charge in [-0.25, -0.2) is 9.97 Å². The van der Waals surface area contributed by atoms with Gasteiger partial charge in [-0.15, -0.1) is 0 Å². The standard InChI is InChI=1S/C25H24N4O/c1-29(20-10-5-6-11-20)25(30)22-13-7-12-21(27-22)19-14-18-15-23(28-24(18)26-16-19)17-8-3-2-4-9-17/h2-4,7-9,12-16,20H,5-6,10-11H2,1H3,(H,26,28). The van der Waals surface area contributed by atoms with Gasteiger partial charge in [-0.05, 0) is 42.7 Å². The summed E-state index contributed by atoms with van der Waals surface area (Å²) < 4.78 is 0. The first-order valence-corrected chi connectivity index (χ1v) is 10.5. The molecule has 0 aliphatic heterocycles. The number of nitrogens with one attached hydrogen (secondary N) is 1. The first-order chi connectivity index (χ1) is 14.7. The van der Waals surface area contributed by atoms with Crippen molar-refractivity contribution in [2.75, 3.05) is 7.05 Å². The number of benzene rings is 1. The Kier molecular flexibility index (Phi) is 4.79. The number of rotatable bonds is 4. The third-order valence-corrected chi connectivity index (χ3v) is 6.01. The van der Waals surface area contributed by atoms with Gasteiger partial charge in [-0.1, -0.05) is 49.2 Å². The van der Waals surface area contributed by atoms with Crippen molar-refractivity contribution in [3.8, 4) is 22.5 Å². The molecule has 1 fully saturated rings. The largest absolute Gasteiger partial charge is 0.339 e. The molecular formula is C25H24N4O. The van der Waals surface area contributed by atoms with Gasteiger partial charge in [0.25, 0.3) is 5.91 Å². The highest BCUT2D eigenvalue weighted by Gasteiger charge is 2.25. The number of aromatic nitrogens is 3. The fraction of sp³-hybridized carbons (Fsp3) is 0.240. The average Bonchev–Trinajstić information content (AvgIpc) is 3.48. The van der Waals surface area contributed by atoms with Crippen molar-refractivity contribution in [1.29, 1.82) is 0 Å². The second-order valence-corrected chi connectivity index (χ2v) is 7.97. The number of H-pyrrole nitrogens is 1. The van der Waals surface area contributed by atoms with Crippen LogP contribution in [0.5, 0.6) is 0 Å². The Hall–Kier alpha value is -3.47. The SMILES string of the molecule is CN(C(=O)c1cccc(-c2cnc3[nH]c(-c4ccccc4)cc3c2)n1)C1CCCC1. The molecule has 4 aromatic rings. The van der Waals surface area contributed by atoms with E-state index in [9.17, 15) is 4.79 Å². The van der Waals surface area contributed by atoms with Crippen LogP contribution in [0.3, 0.4) is 0 Å².